The number of hydrogen-bond donors (Lipinski definition) is 1. The van der Waals surface area contributed by atoms with E-state index < -0.39 is 5.41 Å². The number of hydrogen-bond acceptors (Lipinski definition) is 1. The minimum Gasteiger partial charge on any atom is -0.355 e. The van der Waals surface area contributed by atoms with E-state index in [2.05, 4.69) is 5.32 Å². The maximum absolute atomic E-state index is 12.7. The quantitative estimate of drug-likeness (QED) is 0.863. The van der Waals surface area contributed by atoms with Crippen molar-refractivity contribution in [3.05, 3.63) is 71.8 Å². The summed E-state index contributed by atoms with van der Waals surface area (Å²) in [7, 11) is 0. The topological polar surface area (TPSA) is 29.1 Å². The van der Waals surface area contributed by atoms with Crippen LogP contribution < -0.4 is 5.32 Å². The van der Waals surface area contributed by atoms with E-state index in [0.717, 1.165) is 11.1 Å². The number of halogens is 1. The van der Waals surface area contributed by atoms with Crippen molar-refractivity contribution in [1.29, 1.82) is 0 Å². The second-order valence-corrected chi connectivity index (χ2v) is 5.41. The number of nitrogens with one attached hydrogen (secondary N) is 1. The summed E-state index contributed by atoms with van der Waals surface area (Å²) in [6, 6.07) is 19.8. The lowest BCUT2D eigenvalue weighted by atomic mass is 9.68. The summed E-state index contributed by atoms with van der Waals surface area (Å²) in [5, 5.41) is 2.99. The average molecular weight is 286 g/mol. The summed E-state index contributed by atoms with van der Waals surface area (Å²) in [6.45, 7) is 0.617. The molecule has 1 atom stereocenters. The maximum atomic E-state index is 12.7. The highest BCUT2D eigenvalue weighted by molar-refractivity contribution is 6.18. The van der Waals surface area contributed by atoms with Crippen LogP contribution in [-0.4, -0.2) is 18.3 Å². The molecule has 1 amide bonds. The van der Waals surface area contributed by atoms with Crippen molar-refractivity contribution in [3.63, 3.8) is 0 Å². The van der Waals surface area contributed by atoms with Crippen molar-refractivity contribution < 1.29 is 4.79 Å². The van der Waals surface area contributed by atoms with Crippen LogP contribution in [0.25, 0.3) is 0 Å². The van der Waals surface area contributed by atoms with E-state index in [1.54, 1.807) is 0 Å². The van der Waals surface area contributed by atoms with Crippen molar-refractivity contribution in [1.82, 2.24) is 5.32 Å². The van der Waals surface area contributed by atoms with Crippen molar-refractivity contribution in [2.75, 3.05) is 12.4 Å². The number of carbonyl (C=O) groups is 1. The zero-order valence-electron chi connectivity index (χ0n) is 11.1. The molecular weight excluding hydrogens is 270 g/mol. The van der Waals surface area contributed by atoms with Crippen LogP contribution in [0.1, 0.15) is 11.1 Å². The minimum atomic E-state index is -0.676. The monoisotopic (exact) mass is 285 g/mol. The van der Waals surface area contributed by atoms with E-state index in [0.29, 0.717) is 12.4 Å². The van der Waals surface area contributed by atoms with Gasteiger partial charge in [-0.2, -0.15) is 0 Å². The van der Waals surface area contributed by atoms with E-state index in [1.165, 1.54) is 0 Å². The molecule has 0 saturated carbocycles. The van der Waals surface area contributed by atoms with E-state index in [1.807, 2.05) is 60.7 Å². The summed E-state index contributed by atoms with van der Waals surface area (Å²) in [4.78, 5) is 12.7. The van der Waals surface area contributed by atoms with Crippen LogP contribution in [0.5, 0.6) is 0 Å². The van der Waals surface area contributed by atoms with Crippen molar-refractivity contribution in [3.8, 4) is 0 Å². The molecule has 1 N–H and O–H groups in total. The maximum Gasteiger partial charge on any atom is 0.235 e. The molecular formula is C17H16ClNO. The second-order valence-electron chi connectivity index (χ2n) is 5.10. The van der Waals surface area contributed by atoms with Gasteiger partial charge in [0.25, 0.3) is 0 Å². The first-order valence-corrected chi connectivity index (χ1v) is 7.29. The molecule has 20 heavy (non-hydrogen) atoms. The van der Waals surface area contributed by atoms with Gasteiger partial charge in [-0.05, 0) is 11.1 Å². The minimum absolute atomic E-state index is 0.0422. The number of benzene rings is 2. The molecule has 1 saturated heterocycles. The predicted octanol–water partition coefficient (Wildman–Crippen LogP) is 2.96. The summed E-state index contributed by atoms with van der Waals surface area (Å²) >= 11 is 6.16. The first-order chi connectivity index (χ1) is 9.80. The SMILES string of the molecule is O=C1NCC(CCl)C1(c1ccccc1)c1ccccc1. The molecule has 0 bridgehead atoms. The molecule has 0 aliphatic carbocycles. The Labute approximate surface area is 123 Å². The van der Waals surface area contributed by atoms with Gasteiger partial charge in [0.15, 0.2) is 0 Å². The molecule has 3 heteroatoms. The smallest absolute Gasteiger partial charge is 0.235 e. The van der Waals surface area contributed by atoms with Crippen LogP contribution in [0.15, 0.2) is 60.7 Å². The van der Waals surface area contributed by atoms with Crippen LogP contribution in [0, 0.1) is 5.92 Å². The van der Waals surface area contributed by atoms with Crippen LogP contribution in [0.3, 0.4) is 0 Å². The van der Waals surface area contributed by atoms with Gasteiger partial charge in [0.2, 0.25) is 5.91 Å². The first-order valence-electron chi connectivity index (χ1n) is 6.75. The summed E-state index contributed by atoms with van der Waals surface area (Å²) < 4.78 is 0. The Bertz CT molecular complexity index is 557. The molecule has 0 spiro atoms. The lowest BCUT2D eigenvalue weighted by Crippen LogP contribution is -2.41. The lowest BCUT2D eigenvalue weighted by molar-refractivity contribution is -0.123. The van der Waals surface area contributed by atoms with E-state index in [-0.39, 0.29) is 11.8 Å². The molecule has 2 aromatic rings. The number of rotatable bonds is 3. The van der Waals surface area contributed by atoms with E-state index >= 15 is 0 Å². The van der Waals surface area contributed by atoms with Gasteiger partial charge in [-0.15, -0.1) is 11.6 Å². The Hall–Kier alpha value is -1.80. The van der Waals surface area contributed by atoms with Crippen LogP contribution >= 0.6 is 11.6 Å². The second kappa shape index (κ2) is 5.29. The fourth-order valence-corrected chi connectivity index (χ4v) is 3.51. The number of amides is 1. The third-order valence-electron chi connectivity index (χ3n) is 4.12. The normalized spacial score (nSPS) is 20.6. The molecule has 1 unspecified atom stereocenters. The highest BCUT2D eigenvalue weighted by Crippen LogP contribution is 2.43. The fourth-order valence-electron chi connectivity index (χ4n) is 3.17. The average Bonchev–Trinajstić information content (AvgIpc) is 2.86. The van der Waals surface area contributed by atoms with Gasteiger partial charge < -0.3 is 5.32 Å². The zero-order chi connectivity index (χ0) is 14.0. The van der Waals surface area contributed by atoms with E-state index in [4.69, 9.17) is 11.6 Å². The van der Waals surface area contributed by atoms with Crippen molar-refractivity contribution in [2.45, 2.75) is 5.41 Å². The first kappa shape index (κ1) is 13.2. The largest absolute Gasteiger partial charge is 0.355 e. The molecule has 102 valence electrons. The molecule has 2 aromatic carbocycles. The molecule has 0 aromatic heterocycles. The Morgan fingerprint density at radius 1 is 1.00 bits per heavy atom. The van der Waals surface area contributed by atoms with Gasteiger partial charge in [0.05, 0.1) is 0 Å². The molecule has 1 aliphatic rings. The van der Waals surface area contributed by atoms with Gasteiger partial charge in [0, 0.05) is 18.3 Å². The van der Waals surface area contributed by atoms with E-state index in [9.17, 15) is 4.79 Å². The molecule has 0 radical (unpaired) electrons. The van der Waals surface area contributed by atoms with Crippen molar-refractivity contribution >= 4 is 17.5 Å². The zero-order valence-corrected chi connectivity index (χ0v) is 11.8. The Morgan fingerprint density at radius 2 is 1.50 bits per heavy atom. The summed E-state index contributed by atoms with van der Waals surface area (Å²) in [5.41, 5.74) is 1.34. The molecule has 3 rings (SSSR count). The van der Waals surface area contributed by atoms with Gasteiger partial charge in [-0.25, -0.2) is 0 Å². The van der Waals surface area contributed by atoms with Gasteiger partial charge in [-0.3, -0.25) is 4.79 Å². The Balaban J connectivity index is 2.25. The summed E-state index contributed by atoms with van der Waals surface area (Å²) in [5.74, 6) is 0.546. The lowest BCUT2D eigenvalue weighted by Gasteiger charge is -2.32. The van der Waals surface area contributed by atoms with Crippen LogP contribution in [-0.2, 0) is 10.2 Å². The standard InChI is InChI=1S/C17H16ClNO/c18-11-15-12-19-16(20)17(15,13-7-3-1-4-8-13)14-9-5-2-6-10-14/h1-10,15H,11-12H2,(H,19,20). The molecule has 1 aliphatic heterocycles. The number of alkyl halides is 1. The molecule has 2 nitrogen and oxygen atoms in total. The highest BCUT2D eigenvalue weighted by Gasteiger charge is 2.52. The molecule has 1 heterocycles. The van der Waals surface area contributed by atoms with Crippen molar-refractivity contribution in [2.24, 2.45) is 5.92 Å². The van der Waals surface area contributed by atoms with Crippen LogP contribution in [0.4, 0.5) is 0 Å². The predicted molar refractivity (Wildman–Crippen MR) is 80.9 cm³/mol. The fraction of sp³-hybridized carbons (Fsp3) is 0.235. The van der Waals surface area contributed by atoms with Gasteiger partial charge in [-0.1, -0.05) is 60.7 Å². The van der Waals surface area contributed by atoms with Crippen LogP contribution in [0.2, 0.25) is 0 Å². The third-order valence-corrected chi connectivity index (χ3v) is 4.50. The van der Waals surface area contributed by atoms with Gasteiger partial charge in [0.1, 0.15) is 5.41 Å². The van der Waals surface area contributed by atoms with Gasteiger partial charge >= 0.3 is 0 Å². The molecule has 1 fully saturated rings. The Morgan fingerprint density at radius 3 is 1.95 bits per heavy atom. The highest BCUT2D eigenvalue weighted by atomic mass is 35.5. The third kappa shape index (κ3) is 1.83. The summed E-state index contributed by atoms with van der Waals surface area (Å²) in [6.07, 6.45) is 0. The Kier molecular flexibility index (Phi) is 3.49. The number of carbonyl (C=O) groups excluding carboxylic acids is 1.